The molecule has 2 unspecified atom stereocenters. The Bertz CT molecular complexity index is 1570. The quantitative estimate of drug-likeness (QED) is 0.184. The summed E-state index contributed by atoms with van der Waals surface area (Å²) in [7, 11) is 0. The monoisotopic (exact) mass is 577 g/mol. The smallest absolute Gasteiger partial charge is 0.272 e. The van der Waals surface area contributed by atoms with Gasteiger partial charge in [-0.25, -0.2) is 0 Å². The number of amides is 1. The molecule has 1 aliphatic heterocycles. The van der Waals surface area contributed by atoms with Crippen LogP contribution < -0.4 is 10.6 Å². The van der Waals surface area contributed by atoms with E-state index >= 15 is 0 Å². The topological polar surface area (TPSA) is 46.1 Å². The largest absolute Gasteiger partial charge is 0.332 e. The Kier molecular flexibility index (Phi) is 9.46. The number of hydrogen-bond acceptors (Lipinski definition) is 2. The lowest BCUT2D eigenvalue weighted by molar-refractivity contribution is 0.101. The van der Waals surface area contributed by atoms with Crippen molar-refractivity contribution in [1.82, 2.24) is 9.88 Å². The first-order chi connectivity index (χ1) is 20.2. The van der Waals surface area contributed by atoms with Gasteiger partial charge in [-0.3, -0.25) is 4.79 Å². The van der Waals surface area contributed by atoms with Gasteiger partial charge in [-0.1, -0.05) is 104 Å². The second-order valence-electron chi connectivity index (χ2n) is 11.2. The first kappa shape index (κ1) is 29.6. The highest BCUT2D eigenvalue weighted by Gasteiger charge is 2.34. The van der Waals surface area contributed by atoms with Crippen LogP contribution in [0.15, 0.2) is 109 Å². The zero-order chi connectivity index (χ0) is 28.2. The van der Waals surface area contributed by atoms with Crippen LogP contribution in [0.25, 0.3) is 10.9 Å². The van der Waals surface area contributed by atoms with E-state index in [0.717, 1.165) is 60.1 Å². The van der Waals surface area contributed by atoms with Gasteiger partial charge in [0.15, 0.2) is 0 Å². The van der Waals surface area contributed by atoms with E-state index in [0.29, 0.717) is 6.04 Å². The Morgan fingerprint density at radius 2 is 1.50 bits per heavy atom. The number of halogens is 1. The fourth-order valence-corrected chi connectivity index (χ4v) is 6.59. The summed E-state index contributed by atoms with van der Waals surface area (Å²) >= 11 is 0. The molecule has 5 heteroatoms. The number of hydrogen-bond donors (Lipinski definition) is 2. The van der Waals surface area contributed by atoms with E-state index in [9.17, 15) is 4.79 Å². The van der Waals surface area contributed by atoms with Gasteiger partial charge < -0.3 is 15.2 Å². The molecule has 0 bridgehead atoms. The number of rotatable bonds is 9. The number of carbonyl (C=O) groups excluding carboxylic acids is 1. The van der Waals surface area contributed by atoms with Gasteiger partial charge in [0.1, 0.15) is 5.69 Å². The predicted molar refractivity (Wildman–Crippen MR) is 177 cm³/mol. The van der Waals surface area contributed by atoms with Gasteiger partial charge >= 0.3 is 0 Å². The summed E-state index contributed by atoms with van der Waals surface area (Å²) in [5.41, 5.74) is 7.35. The molecule has 1 aliphatic rings. The van der Waals surface area contributed by atoms with Gasteiger partial charge in [0, 0.05) is 40.2 Å². The van der Waals surface area contributed by atoms with Gasteiger partial charge in [0.25, 0.3) is 5.91 Å². The molecule has 0 aliphatic carbocycles. The summed E-state index contributed by atoms with van der Waals surface area (Å²) in [5, 5.41) is 8.12. The Balaban J connectivity index is 0.00000353. The van der Waals surface area contributed by atoms with E-state index in [2.05, 4.69) is 126 Å². The molecule has 5 aromatic rings. The van der Waals surface area contributed by atoms with E-state index in [1.165, 1.54) is 16.7 Å². The fraction of sp³-hybridized carbons (Fsp3) is 0.270. The number of para-hydroxylation sites is 1. The van der Waals surface area contributed by atoms with Crippen molar-refractivity contribution in [3.8, 4) is 0 Å². The Labute approximate surface area is 255 Å². The molecule has 0 spiro atoms. The van der Waals surface area contributed by atoms with Crippen LogP contribution in [0.5, 0.6) is 0 Å². The molecule has 2 atom stereocenters. The Hall–Kier alpha value is -3.86. The highest BCUT2D eigenvalue weighted by atomic mass is 35.5. The Morgan fingerprint density at radius 1 is 0.881 bits per heavy atom. The lowest BCUT2D eigenvalue weighted by atomic mass is 9.83. The molecule has 4 aromatic carbocycles. The number of anilines is 1. The molecule has 1 amide bonds. The number of nitrogens with zero attached hydrogens (tertiary/aromatic N) is 1. The number of fused-ring (bicyclic) bond motifs is 1. The van der Waals surface area contributed by atoms with Gasteiger partial charge in [0.05, 0.1) is 0 Å². The first-order valence-electron chi connectivity index (χ1n) is 15.0. The third-order valence-electron chi connectivity index (χ3n) is 8.56. The normalized spacial score (nSPS) is 15.5. The number of aryl methyl sites for hydroxylation is 1. The van der Waals surface area contributed by atoms with Crippen LogP contribution >= 0.6 is 12.4 Å². The minimum absolute atomic E-state index is 0. The molecular weight excluding hydrogens is 538 g/mol. The average molecular weight is 578 g/mol. The standard InChI is InChI=1S/C37H39N3O.ClH/c1-3-13-27-21-23-30(24-22-27)39-37(41)36-35(34(28-14-6-4-7-15-28)29-16-8-5-9-17-29)31-18-10-11-20-33(31)40(36)26(2)32-19-12-25-38-32;/h4-11,14-18,20-24,26,32,34,38H,3,12-13,19,25H2,1-2H3,(H,39,41);1H. The van der Waals surface area contributed by atoms with Crippen molar-refractivity contribution in [1.29, 1.82) is 0 Å². The van der Waals surface area contributed by atoms with Crippen molar-refractivity contribution >= 4 is 34.9 Å². The number of aromatic nitrogens is 1. The maximum atomic E-state index is 14.6. The van der Waals surface area contributed by atoms with Crippen LogP contribution in [0.1, 0.15) is 77.8 Å². The maximum Gasteiger partial charge on any atom is 0.272 e. The summed E-state index contributed by atoms with van der Waals surface area (Å²) in [6.07, 6.45) is 4.39. The first-order valence-corrected chi connectivity index (χ1v) is 15.0. The molecule has 1 fully saturated rings. The van der Waals surface area contributed by atoms with Gasteiger partial charge in [0.2, 0.25) is 0 Å². The summed E-state index contributed by atoms with van der Waals surface area (Å²) in [6.45, 7) is 5.46. The Morgan fingerprint density at radius 3 is 2.10 bits per heavy atom. The SMILES string of the molecule is CCCc1ccc(NC(=O)c2c(C(c3ccccc3)c3ccccc3)c3ccccc3n2C(C)C2CCCN2)cc1.Cl. The zero-order valence-corrected chi connectivity index (χ0v) is 25.2. The van der Waals surface area contributed by atoms with E-state index in [-0.39, 0.29) is 30.3 Å². The average Bonchev–Trinajstić information content (AvgIpc) is 3.67. The summed E-state index contributed by atoms with van der Waals surface area (Å²) in [4.78, 5) is 14.6. The number of benzene rings is 4. The van der Waals surface area contributed by atoms with E-state index in [1.54, 1.807) is 0 Å². The third kappa shape index (κ3) is 5.88. The van der Waals surface area contributed by atoms with Crippen molar-refractivity contribution in [3.63, 3.8) is 0 Å². The second-order valence-corrected chi connectivity index (χ2v) is 11.2. The highest BCUT2D eigenvalue weighted by Crippen LogP contribution is 2.42. The minimum Gasteiger partial charge on any atom is -0.332 e. The lowest BCUT2D eigenvalue weighted by Crippen LogP contribution is -2.33. The molecule has 0 saturated carbocycles. The van der Waals surface area contributed by atoms with Crippen LogP contribution in [-0.2, 0) is 6.42 Å². The fourth-order valence-electron chi connectivity index (χ4n) is 6.59. The summed E-state index contributed by atoms with van der Waals surface area (Å²) in [6, 6.07) is 38.5. The van der Waals surface area contributed by atoms with Crippen molar-refractivity contribution in [3.05, 3.63) is 137 Å². The molecule has 42 heavy (non-hydrogen) atoms. The molecule has 1 aromatic heterocycles. The predicted octanol–water partition coefficient (Wildman–Crippen LogP) is 8.76. The van der Waals surface area contributed by atoms with Crippen molar-refractivity contribution in [2.45, 2.75) is 57.5 Å². The molecule has 6 rings (SSSR count). The molecule has 216 valence electrons. The third-order valence-corrected chi connectivity index (χ3v) is 8.56. The molecule has 2 heterocycles. The van der Waals surface area contributed by atoms with Crippen molar-refractivity contribution in [2.24, 2.45) is 0 Å². The van der Waals surface area contributed by atoms with E-state index in [1.807, 2.05) is 12.1 Å². The van der Waals surface area contributed by atoms with Gasteiger partial charge in [-0.2, -0.15) is 0 Å². The molecule has 0 radical (unpaired) electrons. The van der Waals surface area contributed by atoms with Gasteiger partial charge in [-0.05, 0) is 67.6 Å². The summed E-state index contributed by atoms with van der Waals surface area (Å²) < 4.78 is 2.31. The van der Waals surface area contributed by atoms with Crippen molar-refractivity contribution < 1.29 is 4.79 Å². The van der Waals surface area contributed by atoms with E-state index in [4.69, 9.17) is 0 Å². The second kappa shape index (κ2) is 13.4. The zero-order valence-electron chi connectivity index (χ0n) is 24.4. The summed E-state index contributed by atoms with van der Waals surface area (Å²) in [5.74, 6) is -0.166. The lowest BCUT2D eigenvalue weighted by Gasteiger charge is -2.26. The number of carbonyl (C=O) groups is 1. The molecule has 1 saturated heterocycles. The van der Waals surface area contributed by atoms with Crippen molar-refractivity contribution in [2.75, 3.05) is 11.9 Å². The van der Waals surface area contributed by atoms with Crippen LogP contribution in [-0.4, -0.2) is 23.1 Å². The van der Waals surface area contributed by atoms with E-state index < -0.39 is 0 Å². The van der Waals surface area contributed by atoms with Gasteiger partial charge in [-0.15, -0.1) is 12.4 Å². The highest BCUT2D eigenvalue weighted by molar-refractivity contribution is 6.09. The molecule has 4 nitrogen and oxygen atoms in total. The van der Waals surface area contributed by atoms with Crippen LogP contribution in [0, 0.1) is 0 Å². The maximum absolute atomic E-state index is 14.6. The van der Waals surface area contributed by atoms with Crippen LogP contribution in [0.2, 0.25) is 0 Å². The van der Waals surface area contributed by atoms with Crippen LogP contribution in [0.4, 0.5) is 5.69 Å². The minimum atomic E-state index is -0.0973. The molecular formula is C37H40ClN3O. The van der Waals surface area contributed by atoms with Crippen LogP contribution in [0.3, 0.4) is 0 Å². The number of nitrogens with one attached hydrogen (secondary N) is 2. The molecule has 2 N–H and O–H groups in total.